The summed E-state index contributed by atoms with van der Waals surface area (Å²) in [5.74, 6) is -0.708. The second kappa shape index (κ2) is 5.89. The number of carboxylic acids is 1. The van der Waals surface area contributed by atoms with E-state index < -0.39 is 5.97 Å². The molecule has 0 aliphatic carbocycles. The van der Waals surface area contributed by atoms with Gasteiger partial charge < -0.3 is 5.11 Å². The first-order chi connectivity index (χ1) is 9.74. The van der Waals surface area contributed by atoms with Crippen LogP contribution in [-0.4, -0.2) is 34.0 Å². The van der Waals surface area contributed by atoms with Crippen molar-refractivity contribution in [3.05, 3.63) is 29.3 Å². The zero-order valence-electron chi connectivity index (χ0n) is 11.3. The summed E-state index contributed by atoms with van der Waals surface area (Å²) in [6.45, 7) is 1.91. The smallest absolute Gasteiger partial charge is 0.303 e. The zero-order chi connectivity index (χ0) is 13.9. The van der Waals surface area contributed by atoms with Crippen molar-refractivity contribution in [3.63, 3.8) is 0 Å². The zero-order valence-corrected chi connectivity index (χ0v) is 12.1. The van der Waals surface area contributed by atoms with Gasteiger partial charge in [0.05, 0.1) is 16.3 Å². The number of hydrogen-bond acceptors (Lipinski definition) is 4. The van der Waals surface area contributed by atoms with Gasteiger partial charge in [0.1, 0.15) is 5.01 Å². The Morgan fingerprint density at radius 3 is 3.10 bits per heavy atom. The number of fused-ring (bicyclic) bond motifs is 1. The van der Waals surface area contributed by atoms with Crippen LogP contribution in [0, 0.1) is 0 Å². The minimum atomic E-state index is -0.708. The average Bonchev–Trinajstić information content (AvgIpc) is 3.03. The monoisotopic (exact) mass is 290 g/mol. The van der Waals surface area contributed by atoms with Crippen molar-refractivity contribution in [1.29, 1.82) is 0 Å². The minimum Gasteiger partial charge on any atom is -0.481 e. The Morgan fingerprint density at radius 2 is 2.30 bits per heavy atom. The van der Waals surface area contributed by atoms with Crippen LogP contribution in [0.4, 0.5) is 0 Å². The van der Waals surface area contributed by atoms with Crippen LogP contribution >= 0.6 is 11.3 Å². The molecule has 1 unspecified atom stereocenters. The fourth-order valence-electron chi connectivity index (χ4n) is 2.84. The Morgan fingerprint density at radius 1 is 1.45 bits per heavy atom. The summed E-state index contributed by atoms with van der Waals surface area (Å²) < 4.78 is 1.24. The lowest BCUT2D eigenvalue weighted by molar-refractivity contribution is -0.137. The fraction of sp³-hybridized carbons (Fsp3) is 0.467. The van der Waals surface area contributed by atoms with Crippen molar-refractivity contribution < 1.29 is 9.90 Å². The number of thiazole rings is 1. The summed E-state index contributed by atoms with van der Waals surface area (Å²) in [7, 11) is 0. The SMILES string of the molecule is O=C(O)CCCN1CCCC1c1nc2ccccc2s1. The maximum atomic E-state index is 10.6. The first-order valence-electron chi connectivity index (χ1n) is 7.05. The van der Waals surface area contributed by atoms with Crippen molar-refractivity contribution >= 4 is 27.5 Å². The van der Waals surface area contributed by atoms with Crippen LogP contribution in [0.2, 0.25) is 0 Å². The predicted molar refractivity (Wildman–Crippen MR) is 80.0 cm³/mol. The number of carboxylic acid groups (broad SMARTS) is 1. The molecule has 1 N–H and O–H groups in total. The second-order valence-corrected chi connectivity index (χ2v) is 6.27. The highest BCUT2D eigenvalue weighted by Crippen LogP contribution is 2.36. The summed E-state index contributed by atoms with van der Waals surface area (Å²) in [6, 6.07) is 8.61. The summed E-state index contributed by atoms with van der Waals surface area (Å²) in [6.07, 6.45) is 3.28. The summed E-state index contributed by atoms with van der Waals surface area (Å²) in [5, 5.41) is 9.92. The number of para-hydroxylation sites is 1. The highest BCUT2D eigenvalue weighted by molar-refractivity contribution is 7.18. The molecule has 5 heteroatoms. The molecule has 0 bridgehead atoms. The van der Waals surface area contributed by atoms with Crippen LogP contribution in [0.25, 0.3) is 10.2 Å². The van der Waals surface area contributed by atoms with Gasteiger partial charge in [-0.25, -0.2) is 4.98 Å². The lowest BCUT2D eigenvalue weighted by atomic mass is 10.2. The highest BCUT2D eigenvalue weighted by Gasteiger charge is 2.28. The normalized spacial score (nSPS) is 19.7. The summed E-state index contributed by atoms with van der Waals surface area (Å²) >= 11 is 1.77. The van der Waals surface area contributed by atoms with Gasteiger partial charge in [-0.3, -0.25) is 9.69 Å². The van der Waals surface area contributed by atoms with Gasteiger partial charge >= 0.3 is 5.97 Å². The molecule has 1 aliphatic rings. The number of aliphatic carboxylic acids is 1. The molecule has 0 amide bonds. The molecule has 1 aliphatic heterocycles. The average molecular weight is 290 g/mol. The van der Waals surface area contributed by atoms with Gasteiger partial charge in [-0.2, -0.15) is 0 Å². The van der Waals surface area contributed by atoms with E-state index in [-0.39, 0.29) is 6.42 Å². The maximum absolute atomic E-state index is 10.6. The molecule has 1 saturated heterocycles. The lowest BCUT2D eigenvalue weighted by Crippen LogP contribution is -2.24. The van der Waals surface area contributed by atoms with E-state index in [4.69, 9.17) is 10.1 Å². The third-order valence-electron chi connectivity index (χ3n) is 3.80. The van der Waals surface area contributed by atoms with Gasteiger partial charge in [-0.05, 0) is 44.5 Å². The van der Waals surface area contributed by atoms with E-state index in [0.717, 1.165) is 31.4 Å². The molecule has 3 rings (SSSR count). The van der Waals surface area contributed by atoms with E-state index in [2.05, 4.69) is 17.0 Å². The number of hydrogen-bond donors (Lipinski definition) is 1. The lowest BCUT2D eigenvalue weighted by Gasteiger charge is -2.22. The van der Waals surface area contributed by atoms with Crippen LogP contribution in [0.15, 0.2) is 24.3 Å². The molecule has 20 heavy (non-hydrogen) atoms. The van der Waals surface area contributed by atoms with Gasteiger partial charge in [0.25, 0.3) is 0 Å². The second-order valence-electron chi connectivity index (χ2n) is 5.21. The van der Waals surface area contributed by atoms with E-state index in [1.165, 1.54) is 16.1 Å². The Bertz CT molecular complexity index is 578. The Kier molecular flexibility index (Phi) is 3.98. The van der Waals surface area contributed by atoms with E-state index in [1.54, 1.807) is 11.3 Å². The van der Waals surface area contributed by atoms with Gasteiger partial charge in [0, 0.05) is 6.42 Å². The van der Waals surface area contributed by atoms with E-state index in [0.29, 0.717) is 6.04 Å². The Hall–Kier alpha value is -1.46. The van der Waals surface area contributed by atoms with Crippen LogP contribution in [-0.2, 0) is 4.79 Å². The number of nitrogens with zero attached hydrogens (tertiary/aromatic N) is 2. The molecular weight excluding hydrogens is 272 g/mol. The third kappa shape index (κ3) is 2.83. The largest absolute Gasteiger partial charge is 0.481 e. The van der Waals surface area contributed by atoms with Crippen LogP contribution in [0.3, 0.4) is 0 Å². The number of rotatable bonds is 5. The first-order valence-corrected chi connectivity index (χ1v) is 7.87. The standard InChI is InChI=1S/C15H18N2O2S/c18-14(19)8-4-10-17-9-3-6-12(17)15-16-11-5-1-2-7-13(11)20-15/h1-2,5,7,12H,3-4,6,8-10H2,(H,18,19). The van der Waals surface area contributed by atoms with Crippen molar-refractivity contribution in [2.24, 2.45) is 0 Å². The molecular formula is C15H18N2O2S. The van der Waals surface area contributed by atoms with Crippen molar-refractivity contribution in [2.75, 3.05) is 13.1 Å². The third-order valence-corrected chi connectivity index (χ3v) is 4.93. The predicted octanol–water partition coefficient (Wildman–Crippen LogP) is 3.30. The molecule has 4 nitrogen and oxygen atoms in total. The fourth-order valence-corrected chi connectivity index (χ4v) is 3.98. The molecule has 1 atom stereocenters. The molecule has 2 aromatic rings. The number of likely N-dealkylation sites (tertiary alicyclic amines) is 1. The topological polar surface area (TPSA) is 53.4 Å². The number of carbonyl (C=O) groups is 1. The summed E-state index contributed by atoms with van der Waals surface area (Å²) in [4.78, 5) is 17.8. The molecule has 2 heterocycles. The van der Waals surface area contributed by atoms with Gasteiger partial charge in [0.2, 0.25) is 0 Å². The highest BCUT2D eigenvalue weighted by atomic mass is 32.1. The molecule has 0 saturated carbocycles. The minimum absolute atomic E-state index is 0.253. The Balaban J connectivity index is 1.72. The molecule has 0 spiro atoms. The van der Waals surface area contributed by atoms with Crippen molar-refractivity contribution in [1.82, 2.24) is 9.88 Å². The van der Waals surface area contributed by atoms with Gasteiger partial charge in [-0.15, -0.1) is 11.3 Å². The van der Waals surface area contributed by atoms with Gasteiger partial charge in [-0.1, -0.05) is 12.1 Å². The van der Waals surface area contributed by atoms with E-state index in [9.17, 15) is 4.79 Å². The van der Waals surface area contributed by atoms with Gasteiger partial charge in [0.15, 0.2) is 0 Å². The van der Waals surface area contributed by atoms with Crippen molar-refractivity contribution in [2.45, 2.75) is 31.7 Å². The summed E-state index contributed by atoms with van der Waals surface area (Å²) in [5.41, 5.74) is 1.07. The maximum Gasteiger partial charge on any atom is 0.303 e. The van der Waals surface area contributed by atoms with Crippen molar-refractivity contribution in [3.8, 4) is 0 Å². The molecule has 1 aromatic heterocycles. The quantitative estimate of drug-likeness (QED) is 0.918. The molecule has 1 aromatic carbocycles. The number of benzene rings is 1. The van der Waals surface area contributed by atoms with Crippen LogP contribution < -0.4 is 0 Å². The molecule has 0 radical (unpaired) electrons. The first kappa shape index (κ1) is 13.5. The van der Waals surface area contributed by atoms with Crippen LogP contribution in [0.1, 0.15) is 36.7 Å². The molecule has 1 fully saturated rings. The van der Waals surface area contributed by atoms with E-state index >= 15 is 0 Å². The van der Waals surface area contributed by atoms with E-state index in [1.807, 2.05) is 12.1 Å². The van der Waals surface area contributed by atoms with Crippen LogP contribution in [0.5, 0.6) is 0 Å². The number of aromatic nitrogens is 1. The Labute approximate surface area is 122 Å². The molecule has 106 valence electrons.